The fourth-order valence-electron chi connectivity index (χ4n) is 3.15. The molecular weight excluding hydrogens is 345 g/mol. The van der Waals surface area contributed by atoms with Crippen LogP contribution in [0.5, 0.6) is 0 Å². The van der Waals surface area contributed by atoms with Crippen molar-refractivity contribution in [1.82, 2.24) is 19.7 Å². The number of aryl methyl sites for hydroxylation is 1. The Hall–Kier alpha value is -2.38. The zero-order valence-corrected chi connectivity index (χ0v) is 14.6. The third-order valence-electron chi connectivity index (χ3n) is 4.41. The van der Waals surface area contributed by atoms with Gasteiger partial charge in [0.25, 0.3) is 0 Å². The first-order valence-corrected chi connectivity index (χ1v) is 8.79. The van der Waals surface area contributed by atoms with Crippen molar-refractivity contribution in [1.29, 1.82) is 0 Å². The topological polar surface area (TPSA) is 51.0 Å². The van der Waals surface area contributed by atoms with Crippen molar-refractivity contribution in [3.8, 4) is 5.69 Å². The second kappa shape index (κ2) is 7.47. The lowest BCUT2D eigenvalue weighted by Crippen LogP contribution is -2.27. The van der Waals surface area contributed by atoms with Crippen LogP contribution >= 0.6 is 0 Å². The number of halogens is 3. The van der Waals surface area contributed by atoms with E-state index in [0.717, 1.165) is 18.9 Å². The maximum Gasteiger partial charge on any atom is 0.418 e. The molecule has 1 aliphatic heterocycles. The number of alkyl halides is 3. The average Bonchev–Trinajstić information content (AvgIpc) is 3.18. The van der Waals surface area contributed by atoms with Gasteiger partial charge in [0.05, 0.1) is 11.3 Å². The van der Waals surface area contributed by atoms with Crippen LogP contribution < -0.4 is 0 Å². The summed E-state index contributed by atoms with van der Waals surface area (Å²) in [6.45, 7) is 3.10. The van der Waals surface area contributed by atoms with E-state index in [0.29, 0.717) is 44.0 Å². The molecule has 1 fully saturated rings. The molecule has 2 aromatic rings. The summed E-state index contributed by atoms with van der Waals surface area (Å²) in [7, 11) is 0. The van der Waals surface area contributed by atoms with Crippen LogP contribution in [0.4, 0.5) is 13.2 Å². The van der Waals surface area contributed by atoms with Gasteiger partial charge in [-0.05, 0) is 25.0 Å². The van der Waals surface area contributed by atoms with Crippen molar-refractivity contribution >= 4 is 5.91 Å². The minimum absolute atomic E-state index is 0.0300. The lowest BCUT2D eigenvalue weighted by atomic mass is 10.1. The second-order valence-corrected chi connectivity index (χ2v) is 6.36. The van der Waals surface area contributed by atoms with Crippen molar-refractivity contribution in [3.05, 3.63) is 41.5 Å². The monoisotopic (exact) mass is 366 g/mol. The van der Waals surface area contributed by atoms with Gasteiger partial charge in [0.2, 0.25) is 5.91 Å². The van der Waals surface area contributed by atoms with E-state index in [4.69, 9.17) is 0 Å². The van der Waals surface area contributed by atoms with Gasteiger partial charge in [-0.3, -0.25) is 4.79 Å². The highest BCUT2D eigenvalue weighted by atomic mass is 19.4. The molecular formula is C18H21F3N4O. The summed E-state index contributed by atoms with van der Waals surface area (Å²) < 4.78 is 41.5. The Bertz CT molecular complexity index is 785. The van der Waals surface area contributed by atoms with Crippen LogP contribution in [0.1, 0.15) is 43.4 Å². The molecule has 0 saturated carbocycles. The zero-order chi connectivity index (χ0) is 18.7. The molecule has 8 heteroatoms. The smallest absolute Gasteiger partial charge is 0.342 e. The molecule has 1 amide bonds. The maximum atomic E-state index is 13.4. The average molecular weight is 366 g/mol. The quantitative estimate of drug-likeness (QED) is 0.787. The molecule has 0 N–H and O–H groups in total. The highest BCUT2D eigenvalue weighted by molar-refractivity contribution is 5.78. The van der Waals surface area contributed by atoms with Gasteiger partial charge in [-0.1, -0.05) is 19.1 Å². The lowest BCUT2D eigenvalue weighted by molar-refractivity contribution is -0.137. The molecule has 5 nitrogen and oxygen atoms in total. The van der Waals surface area contributed by atoms with Gasteiger partial charge in [0.15, 0.2) is 5.82 Å². The van der Waals surface area contributed by atoms with Gasteiger partial charge < -0.3 is 4.90 Å². The molecule has 1 aromatic heterocycles. The van der Waals surface area contributed by atoms with E-state index in [9.17, 15) is 18.0 Å². The van der Waals surface area contributed by atoms with E-state index in [1.54, 1.807) is 11.0 Å². The summed E-state index contributed by atoms with van der Waals surface area (Å²) >= 11 is 0. The minimum Gasteiger partial charge on any atom is -0.342 e. The van der Waals surface area contributed by atoms with Crippen LogP contribution in [-0.4, -0.2) is 38.7 Å². The fourth-order valence-corrected chi connectivity index (χ4v) is 3.15. The van der Waals surface area contributed by atoms with Gasteiger partial charge in [0.1, 0.15) is 5.82 Å². The molecule has 0 unspecified atom stereocenters. The number of benzene rings is 1. The van der Waals surface area contributed by atoms with Crippen LogP contribution in [0.2, 0.25) is 0 Å². The SMILES string of the molecule is CCCc1nc(CCN2CCCC2=O)n(-c2ccccc2C(F)(F)F)n1. The third kappa shape index (κ3) is 3.89. The lowest BCUT2D eigenvalue weighted by Gasteiger charge is -2.16. The van der Waals surface area contributed by atoms with Crippen LogP contribution in [0, 0.1) is 0 Å². The largest absolute Gasteiger partial charge is 0.418 e. The summed E-state index contributed by atoms with van der Waals surface area (Å²) in [6, 6.07) is 5.36. The first-order valence-electron chi connectivity index (χ1n) is 8.79. The Balaban J connectivity index is 1.94. The van der Waals surface area contributed by atoms with Gasteiger partial charge in [-0.25, -0.2) is 9.67 Å². The van der Waals surface area contributed by atoms with E-state index in [1.165, 1.54) is 16.8 Å². The molecule has 1 aromatic carbocycles. The van der Waals surface area contributed by atoms with Gasteiger partial charge in [-0.15, -0.1) is 0 Å². The summed E-state index contributed by atoms with van der Waals surface area (Å²) in [4.78, 5) is 17.9. The van der Waals surface area contributed by atoms with Crippen LogP contribution in [0.3, 0.4) is 0 Å². The maximum absolute atomic E-state index is 13.4. The molecule has 140 valence electrons. The molecule has 0 aliphatic carbocycles. The van der Waals surface area contributed by atoms with Crippen LogP contribution in [0.15, 0.2) is 24.3 Å². The number of likely N-dealkylation sites (tertiary alicyclic amines) is 1. The fraction of sp³-hybridized carbons (Fsp3) is 0.500. The number of aromatic nitrogens is 3. The molecule has 0 radical (unpaired) electrons. The Morgan fingerprint density at radius 3 is 2.62 bits per heavy atom. The summed E-state index contributed by atoms with van der Waals surface area (Å²) in [6.07, 6.45) is -1.36. The number of carbonyl (C=O) groups is 1. The minimum atomic E-state index is -4.48. The Morgan fingerprint density at radius 1 is 1.19 bits per heavy atom. The molecule has 1 saturated heterocycles. The normalized spacial score (nSPS) is 15.1. The zero-order valence-electron chi connectivity index (χ0n) is 14.6. The van der Waals surface area contributed by atoms with Gasteiger partial charge >= 0.3 is 6.18 Å². The molecule has 3 rings (SSSR count). The molecule has 1 aliphatic rings. The standard InChI is InChI=1S/C18H21F3N4O/c1-2-6-15-22-16(10-12-24-11-5-9-17(24)26)25(23-15)14-8-4-3-7-13(14)18(19,20)21/h3-4,7-8H,2,5-6,9-12H2,1H3. The van der Waals surface area contributed by atoms with Crippen molar-refractivity contribution in [2.24, 2.45) is 0 Å². The van der Waals surface area contributed by atoms with Crippen molar-refractivity contribution < 1.29 is 18.0 Å². The van der Waals surface area contributed by atoms with Crippen LogP contribution in [0.25, 0.3) is 5.69 Å². The van der Waals surface area contributed by atoms with Gasteiger partial charge in [-0.2, -0.15) is 18.3 Å². The Kier molecular flexibility index (Phi) is 5.29. The van der Waals surface area contributed by atoms with E-state index in [2.05, 4.69) is 10.1 Å². The number of hydrogen-bond acceptors (Lipinski definition) is 3. The van der Waals surface area contributed by atoms with E-state index in [-0.39, 0.29) is 11.6 Å². The molecule has 26 heavy (non-hydrogen) atoms. The summed E-state index contributed by atoms with van der Waals surface area (Å²) in [5.74, 6) is 1.05. The first-order chi connectivity index (χ1) is 12.4. The van der Waals surface area contributed by atoms with E-state index in [1.807, 2.05) is 6.92 Å². The summed E-state index contributed by atoms with van der Waals surface area (Å²) in [5, 5.41) is 4.31. The number of carbonyl (C=O) groups excluding carboxylic acids is 1. The number of nitrogens with zero attached hydrogens (tertiary/aromatic N) is 4. The molecule has 0 spiro atoms. The predicted molar refractivity (Wildman–Crippen MR) is 89.9 cm³/mol. The Morgan fingerprint density at radius 2 is 1.96 bits per heavy atom. The first kappa shape index (κ1) is 18.4. The van der Waals surface area contributed by atoms with E-state index >= 15 is 0 Å². The van der Waals surface area contributed by atoms with Crippen molar-refractivity contribution in [3.63, 3.8) is 0 Å². The van der Waals surface area contributed by atoms with Crippen molar-refractivity contribution in [2.75, 3.05) is 13.1 Å². The predicted octanol–water partition coefficient (Wildman–Crippen LogP) is 3.40. The molecule has 0 atom stereocenters. The third-order valence-corrected chi connectivity index (χ3v) is 4.41. The summed E-state index contributed by atoms with van der Waals surface area (Å²) in [5.41, 5.74) is -0.774. The molecule has 0 bridgehead atoms. The molecule has 2 heterocycles. The van der Waals surface area contributed by atoms with E-state index < -0.39 is 11.7 Å². The second-order valence-electron chi connectivity index (χ2n) is 6.36. The van der Waals surface area contributed by atoms with Gasteiger partial charge in [0, 0.05) is 32.4 Å². The number of hydrogen-bond donors (Lipinski definition) is 0. The number of rotatable bonds is 6. The van der Waals surface area contributed by atoms with Crippen LogP contribution in [-0.2, 0) is 23.8 Å². The number of amides is 1. The highest BCUT2D eigenvalue weighted by Gasteiger charge is 2.34. The Labute approximate surface area is 149 Å². The van der Waals surface area contributed by atoms with Crippen molar-refractivity contribution in [2.45, 2.75) is 45.2 Å². The highest BCUT2D eigenvalue weighted by Crippen LogP contribution is 2.33. The number of para-hydroxylation sites is 1.